The van der Waals surface area contributed by atoms with E-state index in [2.05, 4.69) is 18.9 Å². The van der Waals surface area contributed by atoms with Gasteiger partial charge in [-0.25, -0.2) is 0 Å². The van der Waals surface area contributed by atoms with E-state index in [0.717, 1.165) is 31.5 Å². The molecule has 72 valence electrons. The minimum Gasteiger partial charge on any atom is -0.393 e. The molecule has 0 saturated heterocycles. The molecule has 1 aliphatic rings. The topological polar surface area (TPSA) is 38.0 Å². The molecule has 1 atom stereocenters. The zero-order chi connectivity index (χ0) is 9.42. The minimum atomic E-state index is -0.174. The van der Waals surface area contributed by atoms with E-state index in [-0.39, 0.29) is 6.10 Å². The van der Waals surface area contributed by atoms with Crippen LogP contribution in [-0.2, 0) is 19.4 Å². The Hall–Kier alpha value is -0.830. The molecule has 0 radical (unpaired) electrons. The van der Waals surface area contributed by atoms with Crippen molar-refractivity contribution in [3.63, 3.8) is 0 Å². The van der Waals surface area contributed by atoms with E-state index in [0.29, 0.717) is 0 Å². The fourth-order valence-electron chi connectivity index (χ4n) is 2.08. The molecule has 0 amide bonds. The van der Waals surface area contributed by atoms with Crippen molar-refractivity contribution in [2.24, 2.45) is 0 Å². The number of aliphatic hydroxyl groups excluding tert-OH is 1. The average molecular weight is 180 g/mol. The highest BCUT2D eigenvalue weighted by molar-refractivity contribution is 5.28. The van der Waals surface area contributed by atoms with Crippen LogP contribution in [-0.4, -0.2) is 21.0 Å². The van der Waals surface area contributed by atoms with E-state index in [1.807, 2.05) is 4.68 Å². The van der Waals surface area contributed by atoms with Crippen molar-refractivity contribution in [2.75, 3.05) is 0 Å². The predicted molar refractivity (Wildman–Crippen MR) is 50.7 cm³/mol. The van der Waals surface area contributed by atoms with Gasteiger partial charge in [0.15, 0.2) is 0 Å². The smallest absolute Gasteiger partial charge is 0.0685 e. The maximum atomic E-state index is 9.48. The summed E-state index contributed by atoms with van der Waals surface area (Å²) in [5, 5.41) is 14.0. The van der Waals surface area contributed by atoms with Crippen LogP contribution in [0.4, 0.5) is 0 Å². The lowest BCUT2D eigenvalue weighted by molar-refractivity contribution is 0.157. The molecule has 1 heterocycles. The summed E-state index contributed by atoms with van der Waals surface area (Å²) < 4.78 is 2.03. The molecule has 3 nitrogen and oxygen atoms in total. The van der Waals surface area contributed by atoms with Gasteiger partial charge in [0.05, 0.1) is 11.8 Å². The summed E-state index contributed by atoms with van der Waals surface area (Å²) in [7, 11) is 0. The van der Waals surface area contributed by atoms with Gasteiger partial charge in [0.1, 0.15) is 0 Å². The van der Waals surface area contributed by atoms with Crippen LogP contribution in [0.15, 0.2) is 0 Å². The Morgan fingerprint density at radius 2 is 2.38 bits per heavy atom. The number of aromatic nitrogens is 2. The maximum Gasteiger partial charge on any atom is 0.0685 e. The summed E-state index contributed by atoms with van der Waals surface area (Å²) in [5.74, 6) is 0. The second-order valence-electron chi connectivity index (χ2n) is 3.72. The van der Waals surface area contributed by atoms with E-state index < -0.39 is 0 Å². The van der Waals surface area contributed by atoms with Gasteiger partial charge in [-0.2, -0.15) is 5.10 Å². The van der Waals surface area contributed by atoms with Gasteiger partial charge in [0.2, 0.25) is 0 Å². The zero-order valence-corrected chi connectivity index (χ0v) is 8.25. The van der Waals surface area contributed by atoms with Crippen LogP contribution in [0.5, 0.6) is 0 Å². The predicted octanol–water partition coefficient (Wildman–Crippen LogP) is 1.06. The summed E-state index contributed by atoms with van der Waals surface area (Å²) in [4.78, 5) is 0. The van der Waals surface area contributed by atoms with Gasteiger partial charge >= 0.3 is 0 Å². The summed E-state index contributed by atoms with van der Waals surface area (Å²) in [6, 6.07) is 0. The highest BCUT2D eigenvalue weighted by atomic mass is 16.3. The quantitative estimate of drug-likeness (QED) is 0.701. The van der Waals surface area contributed by atoms with Crippen LogP contribution in [0, 0.1) is 6.92 Å². The monoisotopic (exact) mass is 180 g/mol. The summed E-state index contributed by atoms with van der Waals surface area (Å²) in [6.07, 6.45) is 2.45. The molecule has 0 fully saturated rings. The number of hydrogen-bond acceptors (Lipinski definition) is 2. The van der Waals surface area contributed by atoms with E-state index in [1.54, 1.807) is 0 Å². The summed E-state index contributed by atoms with van der Waals surface area (Å²) in [5.41, 5.74) is 3.76. The van der Waals surface area contributed by atoms with Crippen LogP contribution >= 0.6 is 0 Å². The first-order valence-corrected chi connectivity index (χ1v) is 4.95. The Balaban J connectivity index is 2.39. The highest BCUT2D eigenvalue weighted by Gasteiger charge is 2.22. The van der Waals surface area contributed by atoms with Crippen molar-refractivity contribution in [2.45, 2.75) is 45.8 Å². The number of aryl methyl sites for hydroxylation is 1. The molecule has 0 saturated carbocycles. The third-order valence-corrected chi connectivity index (χ3v) is 2.87. The van der Waals surface area contributed by atoms with Gasteiger partial charge < -0.3 is 5.11 Å². The normalized spacial score (nSPS) is 21.6. The van der Waals surface area contributed by atoms with Crippen molar-refractivity contribution in [3.05, 3.63) is 17.0 Å². The molecule has 3 heteroatoms. The van der Waals surface area contributed by atoms with Crippen LogP contribution in [0.2, 0.25) is 0 Å². The standard InChI is InChI=1S/C10H16N2O/c1-3-12-7(2)9-5-4-8(13)6-10(9)11-12/h8,13H,3-6H2,1-2H3. The largest absolute Gasteiger partial charge is 0.393 e. The lowest BCUT2D eigenvalue weighted by atomic mass is 9.94. The highest BCUT2D eigenvalue weighted by Crippen LogP contribution is 2.23. The minimum absolute atomic E-state index is 0.174. The number of rotatable bonds is 1. The number of fused-ring (bicyclic) bond motifs is 1. The molecule has 1 unspecified atom stereocenters. The zero-order valence-electron chi connectivity index (χ0n) is 8.25. The molecule has 0 spiro atoms. The Morgan fingerprint density at radius 1 is 1.62 bits per heavy atom. The molecule has 0 bridgehead atoms. The van der Waals surface area contributed by atoms with Crippen LogP contribution < -0.4 is 0 Å². The summed E-state index contributed by atoms with van der Waals surface area (Å²) in [6.45, 7) is 5.14. The average Bonchev–Trinajstić information content (AvgIpc) is 2.42. The fourth-order valence-corrected chi connectivity index (χ4v) is 2.08. The molecular formula is C10H16N2O. The molecule has 1 aliphatic carbocycles. The Bertz CT molecular complexity index is 317. The Morgan fingerprint density at radius 3 is 3.08 bits per heavy atom. The first kappa shape index (κ1) is 8.75. The molecule has 1 N–H and O–H groups in total. The molecule has 2 rings (SSSR count). The van der Waals surface area contributed by atoms with Gasteiger partial charge in [0, 0.05) is 18.7 Å². The van der Waals surface area contributed by atoms with Crippen LogP contribution in [0.1, 0.15) is 30.3 Å². The molecular weight excluding hydrogens is 164 g/mol. The fraction of sp³-hybridized carbons (Fsp3) is 0.700. The van der Waals surface area contributed by atoms with Crippen molar-refractivity contribution in [1.82, 2.24) is 9.78 Å². The number of nitrogens with zero attached hydrogens (tertiary/aromatic N) is 2. The molecule has 0 aromatic carbocycles. The Labute approximate surface area is 78.4 Å². The second-order valence-corrected chi connectivity index (χ2v) is 3.72. The SMILES string of the molecule is CCn1nc2c(c1C)CCC(O)C2. The van der Waals surface area contributed by atoms with Crippen molar-refractivity contribution >= 4 is 0 Å². The lowest BCUT2D eigenvalue weighted by Gasteiger charge is -2.15. The third kappa shape index (κ3) is 1.37. The van der Waals surface area contributed by atoms with E-state index in [9.17, 15) is 5.11 Å². The first-order chi connectivity index (χ1) is 6.22. The lowest BCUT2D eigenvalue weighted by Crippen LogP contribution is -2.18. The number of hydrogen-bond donors (Lipinski definition) is 1. The van der Waals surface area contributed by atoms with Crippen LogP contribution in [0.3, 0.4) is 0 Å². The second kappa shape index (κ2) is 3.14. The molecule has 0 aliphatic heterocycles. The first-order valence-electron chi connectivity index (χ1n) is 4.95. The van der Waals surface area contributed by atoms with Crippen LogP contribution in [0.25, 0.3) is 0 Å². The van der Waals surface area contributed by atoms with Crippen molar-refractivity contribution in [3.8, 4) is 0 Å². The van der Waals surface area contributed by atoms with Crippen molar-refractivity contribution in [1.29, 1.82) is 0 Å². The van der Waals surface area contributed by atoms with Crippen molar-refractivity contribution < 1.29 is 5.11 Å². The van der Waals surface area contributed by atoms with E-state index >= 15 is 0 Å². The maximum absolute atomic E-state index is 9.48. The van der Waals surface area contributed by atoms with E-state index in [1.165, 1.54) is 11.3 Å². The third-order valence-electron chi connectivity index (χ3n) is 2.87. The summed E-state index contributed by atoms with van der Waals surface area (Å²) >= 11 is 0. The Kier molecular flexibility index (Phi) is 2.12. The molecule has 13 heavy (non-hydrogen) atoms. The number of aliphatic hydroxyl groups is 1. The van der Waals surface area contributed by atoms with E-state index in [4.69, 9.17) is 0 Å². The molecule has 1 aromatic rings. The van der Waals surface area contributed by atoms with Gasteiger partial charge in [-0.15, -0.1) is 0 Å². The molecule has 1 aromatic heterocycles. The van der Waals surface area contributed by atoms with Gasteiger partial charge in [-0.05, 0) is 32.3 Å². The van der Waals surface area contributed by atoms with Gasteiger partial charge in [-0.1, -0.05) is 0 Å². The van der Waals surface area contributed by atoms with Gasteiger partial charge in [0.25, 0.3) is 0 Å². The van der Waals surface area contributed by atoms with Gasteiger partial charge in [-0.3, -0.25) is 4.68 Å².